The van der Waals surface area contributed by atoms with Gasteiger partial charge < -0.3 is 10.1 Å². The fraction of sp³-hybridized carbons (Fsp3) is 0.667. The van der Waals surface area contributed by atoms with E-state index < -0.39 is 0 Å². The molecule has 3 nitrogen and oxygen atoms in total. The standard InChI is InChI=1S/C18H28N2O/c1-2-20(13-16-8-5-6-11-19-16)14-18-17-9-4-3-7-15(17)10-12-21-18/h3-4,7,9,16,18-19H,2,5-6,8,10-14H2,1H3. The van der Waals surface area contributed by atoms with Gasteiger partial charge in [-0.1, -0.05) is 37.6 Å². The molecule has 0 amide bonds. The van der Waals surface area contributed by atoms with Gasteiger partial charge in [0.1, 0.15) is 0 Å². The summed E-state index contributed by atoms with van der Waals surface area (Å²) in [4.78, 5) is 2.55. The molecule has 3 rings (SSSR count). The lowest BCUT2D eigenvalue weighted by atomic mass is 9.97. The molecule has 0 aromatic heterocycles. The molecule has 21 heavy (non-hydrogen) atoms. The first-order valence-corrected chi connectivity index (χ1v) is 8.52. The molecule has 1 aromatic carbocycles. The number of fused-ring (bicyclic) bond motifs is 1. The van der Waals surface area contributed by atoms with Gasteiger partial charge in [-0.05, 0) is 43.5 Å². The summed E-state index contributed by atoms with van der Waals surface area (Å²) in [7, 11) is 0. The Labute approximate surface area is 128 Å². The number of piperidine rings is 1. The second-order valence-electron chi connectivity index (χ2n) is 6.31. The van der Waals surface area contributed by atoms with Gasteiger partial charge in [-0.2, -0.15) is 0 Å². The van der Waals surface area contributed by atoms with E-state index in [0.717, 1.165) is 32.7 Å². The number of nitrogens with zero attached hydrogens (tertiary/aromatic N) is 1. The van der Waals surface area contributed by atoms with E-state index in [1.54, 1.807) is 0 Å². The van der Waals surface area contributed by atoms with Crippen molar-refractivity contribution >= 4 is 0 Å². The molecule has 2 aliphatic rings. The van der Waals surface area contributed by atoms with Gasteiger partial charge in [-0.3, -0.25) is 4.90 Å². The van der Waals surface area contributed by atoms with E-state index >= 15 is 0 Å². The number of ether oxygens (including phenoxy) is 1. The van der Waals surface area contributed by atoms with Crippen molar-refractivity contribution in [2.24, 2.45) is 0 Å². The maximum absolute atomic E-state index is 6.06. The molecule has 2 heterocycles. The van der Waals surface area contributed by atoms with E-state index in [0.29, 0.717) is 6.04 Å². The van der Waals surface area contributed by atoms with Gasteiger partial charge in [0.2, 0.25) is 0 Å². The molecule has 1 N–H and O–H groups in total. The number of nitrogens with one attached hydrogen (secondary N) is 1. The van der Waals surface area contributed by atoms with E-state index in [1.807, 2.05) is 0 Å². The molecule has 0 saturated carbocycles. The van der Waals surface area contributed by atoms with Crippen molar-refractivity contribution < 1.29 is 4.74 Å². The zero-order chi connectivity index (χ0) is 14.5. The Bertz CT molecular complexity index is 443. The van der Waals surface area contributed by atoms with Crippen LogP contribution in [0, 0.1) is 0 Å². The third-order valence-electron chi connectivity index (χ3n) is 4.85. The predicted molar refractivity (Wildman–Crippen MR) is 86.6 cm³/mol. The lowest BCUT2D eigenvalue weighted by Gasteiger charge is -2.34. The minimum Gasteiger partial charge on any atom is -0.372 e. The first kappa shape index (κ1) is 15.0. The van der Waals surface area contributed by atoms with Crippen LogP contribution in [0.25, 0.3) is 0 Å². The Balaban J connectivity index is 1.61. The summed E-state index contributed by atoms with van der Waals surface area (Å²) in [5.74, 6) is 0. The predicted octanol–water partition coefficient (Wildman–Crippen LogP) is 2.76. The highest BCUT2D eigenvalue weighted by Crippen LogP contribution is 2.27. The van der Waals surface area contributed by atoms with Crippen LogP contribution < -0.4 is 5.32 Å². The van der Waals surface area contributed by atoms with Crippen LogP contribution in [0.1, 0.15) is 43.4 Å². The molecule has 1 fully saturated rings. The number of hydrogen-bond donors (Lipinski definition) is 1. The quantitative estimate of drug-likeness (QED) is 0.901. The lowest BCUT2D eigenvalue weighted by Crippen LogP contribution is -2.45. The van der Waals surface area contributed by atoms with Gasteiger partial charge in [-0.25, -0.2) is 0 Å². The average Bonchev–Trinajstić information content (AvgIpc) is 2.55. The summed E-state index contributed by atoms with van der Waals surface area (Å²) >= 11 is 0. The SMILES string of the molecule is CCN(CC1CCCCN1)CC1OCCc2ccccc21. The summed E-state index contributed by atoms with van der Waals surface area (Å²) < 4.78 is 6.06. The molecule has 2 aliphatic heterocycles. The molecule has 3 heteroatoms. The van der Waals surface area contributed by atoms with Gasteiger partial charge in [0.25, 0.3) is 0 Å². The normalized spacial score (nSPS) is 25.8. The van der Waals surface area contributed by atoms with Crippen molar-refractivity contribution in [2.45, 2.75) is 44.8 Å². The Morgan fingerprint density at radius 2 is 2.14 bits per heavy atom. The van der Waals surface area contributed by atoms with E-state index in [4.69, 9.17) is 4.74 Å². The molecular formula is C18H28N2O. The van der Waals surface area contributed by atoms with Crippen LogP contribution in [0.2, 0.25) is 0 Å². The maximum Gasteiger partial charge on any atom is 0.0954 e. The van der Waals surface area contributed by atoms with E-state index in [-0.39, 0.29) is 6.10 Å². The lowest BCUT2D eigenvalue weighted by molar-refractivity contribution is 0.0145. The minimum atomic E-state index is 0.249. The Morgan fingerprint density at radius 1 is 1.24 bits per heavy atom. The highest BCUT2D eigenvalue weighted by molar-refractivity contribution is 5.31. The molecule has 0 bridgehead atoms. The highest BCUT2D eigenvalue weighted by Gasteiger charge is 2.24. The number of rotatable bonds is 5. The molecule has 2 unspecified atom stereocenters. The number of likely N-dealkylation sites (N-methyl/N-ethyl adjacent to an activating group) is 1. The molecule has 116 valence electrons. The van der Waals surface area contributed by atoms with Crippen LogP contribution in [0.5, 0.6) is 0 Å². The fourth-order valence-corrected chi connectivity index (χ4v) is 3.59. The fourth-order valence-electron chi connectivity index (χ4n) is 3.59. The van der Waals surface area contributed by atoms with Crippen LogP contribution in [0.15, 0.2) is 24.3 Å². The van der Waals surface area contributed by atoms with Crippen LogP contribution in [0.4, 0.5) is 0 Å². The Hall–Kier alpha value is -0.900. The summed E-state index contributed by atoms with van der Waals surface area (Å²) in [6.45, 7) is 7.58. The van der Waals surface area contributed by atoms with Gasteiger partial charge in [0, 0.05) is 19.1 Å². The molecule has 0 radical (unpaired) electrons. The zero-order valence-corrected chi connectivity index (χ0v) is 13.2. The van der Waals surface area contributed by atoms with Crippen molar-refractivity contribution in [1.82, 2.24) is 10.2 Å². The van der Waals surface area contributed by atoms with Crippen molar-refractivity contribution in [3.8, 4) is 0 Å². The Morgan fingerprint density at radius 3 is 2.95 bits per heavy atom. The van der Waals surface area contributed by atoms with Crippen LogP contribution in [-0.4, -0.2) is 43.7 Å². The van der Waals surface area contributed by atoms with Gasteiger partial charge >= 0.3 is 0 Å². The number of benzene rings is 1. The van der Waals surface area contributed by atoms with Gasteiger partial charge in [0.15, 0.2) is 0 Å². The minimum absolute atomic E-state index is 0.249. The monoisotopic (exact) mass is 288 g/mol. The smallest absolute Gasteiger partial charge is 0.0954 e. The second-order valence-corrected chi connectivity index (χ2v) is 6.31. The third-order valence-corrected chi connectivity index (χ3v) is 4.85. The van der Waals surface area contributed by atoms with Crippen LogP contribution in [0.3, 0.4) is 0 Å². The van der Waals surface area contributed by atoms with Crippen molar-refractivity contribution in [1.29, 1.82) is 0 Å². The molecule has 0 aliphatic carbocycles. The first-order valence-electron chi connectivity index (χ1n) is 8.52. The number of hydrogen-bond acceptors (Lipinski definition) is 3. The maximum atomic E-state index is 6.06. The molecule has 1 aromatic rings. The van der Waals surface area contributed by atoms with Crippen molar-refractivity contribution in [3.05, 3.63) is 35.4 Å². The van der Waals surface area contributed by atoms with Crippen LogP contribution in [-0.2, 0) is 11.2 Å². The van der Waals surface area contributed by atoms with E-state index in [2.05, 4.69) is 41.4 Å². The Kier molecular flexibility index (Phi) is 5.28. The van der Waals surface area contributed by atoms with E-state index in [9.17, 15) is 0 Å². The largest absolute Gasteiger partial charge is 0.372 e. The molecule has 0 spiro atoms. The first-order chi connectivity index (χ1) is 10.4. The molecule has 1 saturated heterocycles. The third kappa shape index (κ3) is 3.85. The summed E-state index contributed by atoms with van der Waals surface area (Å²) in [5.41, 5.74) is 2.87. The summed E-state index contributed by atoms with van der Waals surface area (Å²) in [6, 6.07) is 9.44. The van der Waals surface area contributed by atoms with Gasteiger partial charge in [0.05, 0.1) is 12.7 Å². The average molecular weight is 288 g/mol. The van der Waals surface area contributed by atoms with E-state index in [1.165, 1.54) is 36.9 Å². The van der Waals surface area contributed by atoms with Crippen molar-refractivity contribution in [3.63, 3.8) is 0 Å². The zero-order valence-electron chi connectivity index (χ0n) is 13.2. The summed E-state index contributed by atoms with van der Waals surface area (Å²) in [6.07, 6.45) is 5.33. The molecule has 2 atom stereocenters. The highest BCUT2D eigenvalue weighted by atomic mass is 16.5. The van der Waals surface area contributed by atoms with Crippen LogP contribution >= 0.6 is 0 Å². The second kappa shape index (κ2) is 7.39. The topological polar surface area (TPSA) is 24.5 Å². The summed E-state index contributed by atoms with van der Waals surface area (Å²) in [5, 5.41) is 3.66. The molecular weight excluding hydrogens is 260 g/mol. The van der Waals surface area contributed by atoms with Gasteiger partial charge in [-0.15, -0.1) is 0 Å². The van der Waals surface area contributed by atoms with Crippen molar-refractivity contribution in [2.75, 3.05) is 32.8 Å².